The first-order valence-electron chi connectivity index (χ1n) is 6.61. The third kappa shape index (κ3) is 4.78. The van der Waals surface area contributed by atoms with E-state index in [1.165, 1.54) is 0 Å². The van der Waals surface area contributed by atoms with E-state index in [1.807, 2.05) is 33.9 Å². The second kappa shape index (κ2) is 6.62. The third-order valence-corrected chi connectivity index (χ3v) is 3.59. The highest BCUT2D eigenvalue weighted by Crippen LogP contribution is 2.28. The summed E-state index contributed by atoms with van der Waals surface area (Å²) in [5, 5.41) is 29.4. The highest BCUT2D eigenvalue weighted by Gasteiger charge is 2.47. The lowest BCUT2D eigenvalue weighted by molar-refractivity contribution is -0.307. The Labute approximate surface area is 116 Å². The molecule has 0 radical (unpaired) electrons. The lowest BCUT2D eigenvalue weighted by Gasteiger charge is -2.45. The molecule has 0 saturated carbocycles. The SMILES string of the molecule is C[SiH](C)O[C@H]1[C@H](O)[C@@H](CO)O[C@H](O)[C@@H]1OC(C)(C)C. The quantitative estimate of drug-likeness (QED) is 0.612. The van der Waals surface area contributed by atoms with Gasteiger partial charge in [-0.2, -0.15) is 0 Å². The van der Waals surface area contributed by atoms with Crippen molar-refractivity contribution >= 4 is 9.04 Å². The fourth-order valence-corrected chi connectivity index (χ4v) is 3.01. The summed E-state index contributed by atoms with van der Waals surface area (Å²) < 4.78 is 16.7. The van der Waals surface area contributed by atoms with Crippen LogP contribution in [-0.4, -0.2) is 67.3 Å². The van der Waals surface area contributed by atoms with E-state index in [0.29, 0.717) is 0 Å². The molecule has 7 heteroatoms. The Morgan fingerprint density at radius 3 is 2.16 bits per heavy atom. The Hall–Kier alpha value is -0.0231. The normalized spacial score (nSPS) is 36.8. The van der Waals surface area contributed by atoms with Gasteiger partial charge < -0.3 is 29.2 Å². The molecular weight excluding hydrogens is 268 g/mol. The Morgan fingerprint density at radius 1 is 1.16 bits per heavy atom. The van der Waals surface area contributed by atoms with Crippen LogP contribution in [0.4, 0.5) is 0 Å². The van der Waals surface area contributed by atoms with Gasteiger partial charge >= 0.3 is 0 Å². The Bertz CT molecular complexity index is 280. The number of hydrogen-bond donors (Lipinski definition) is 3. The van der Waals surface area contributed by atoms with Crippen LogP contribution in [0.25, 0.3) is 0 Å². The highest BCUT2D eigenvalue weighted by atomic mass is 28.3. The fourth-order valence-electron chi connectivity index (χ4n) is 2.06. The summed E-state index contributed by atoms with van der Waals surface area (Å²) in [5.74, 6) is 0. The van der Waals surface area contributed by atoms with Crippen molar-refractivity contribution in [2.45, 2.75) is 70.2 Å². The summed E-state index contributed by atoms with van der Waals surface area (Å²) in [5.41, 5.74) is -0.499. The molecule has 0 aromatic carbocycles. The van der Waals surface area contributed by atoms with Crippen LogP contribution in [0.1, 0.15) is 20.8 Å². The maximum absolute atomic E-state index is 10.2. The third-order valence-electron chi connectivity index (χ3n) is 2.74. The fraction of sp³-hybridized carbons (Fsp3) is 1.00. The molecule has 6 nitrogen and oxygen atoms in total. The molecule has 114 valence electrons. The molecule has 1 aliphatic heterocycles. The number of rotatable bonds is 4. The summed E-state index contributed by atoms with van der Waals surface area (Å²) in [4.78, 5) is 0. The Balaban J connectivity index is 2.89. The average molecular weight is 294 g/mol. The molecule has 0 spiro atoms. The van der Waals surface area contributed by atoms with Gasteiger partial charge in [-0.05, 0) is 33.9 Å². The van der Waals surface area contributed by atoms with E-state index in [9.17, 15) is 10.2 Å². The van der Waals surface area contributed by atoms with Crippen molar-refractivity contribution in [3.8, 4) is 0 Å². The van der Waals surface area contributed by atoms with Crippen LogP contribution in [-0.2, 0) is 13.9 Å². The number of hydrogen-bond acceptors (Lipinski definition) is 6. The topological polar surface area (TPSA) is 88.4 Å². The van der Waals surface area contributed by atoms with Gasteiger partial charge in [0.2, 0.25) is 0 Å². The van der Waals surface area contributed by atoms with Crippen LogP contribution in [0.3, 0.4) is 0 Å². The van der Waals surface area contributed by atoms with Gasteiger partial charge in [-0.15, -0.1) is 0 Å². The lowest BCUT2D eigenvalue weighted by Crippen LogP contribution is -2.62. The zero-order chi connectivity index (χ0) is 14.8. The maximum Gasteiger partial charge on any atom is 0.184 e. The van der Waals surface area contributed by atoms with Gasteiger partial charge in [0.25, 0.3) is 0 Å². The lowest BCUT2D eigenvalue weighted by atomic mass is 9.98. The van der Waals surface area contributed by atoms with Crippen molar-refractivity contribution in [3.05, 3.63) is 0 Å². The molecule has 1 heterocycles. The van der Waals surface area contributed by atoms with Crippen molar-refractivity contribution < 1.29 is 29.2 Å². The van der Waals surface area contributed by atoms with E-state index in [-0.39, 0.29) is 6.61 Å². The molecule has 0 aliphatic carbocycles. The van der Waals surface area contributed by atoms with Gasteiger partial charge in [0.15, 0.2) is 15.3 Å². The number of ether oxygens (including phenoxy) is 2. The Kier molecular flexibility index (Phi) is 5.93. The molecule has 19 heavy (non-hydrogen) atoms. The first-order chi connectivity index (χ1) is 8.65. The van der Waals surface area contributed by atoms with Gasteiger partial charge in [-0.1, -0.05) is 0 Å². The molecule has 0 aromatic heterocycles. The van der Waals surface area contributed by atoms with Gasteiger partial charge in [0, 0.05) is 0 Å². The molecule has 3 N–H and O–H groups in total. The standard InChI is InChI=1S/C12H26O6Si/c1-12(2,3)17-10-9(18-19(4)5)8(14)7(6-13)16-11(10)15/h7-11,13-15,19H,6H2,1-5H3/t7-,8-,9+,10-,11+/m1/s1. The Morgan fingerprint density at radius 2 is 1.74 bits per heavy atom. The van der Waals surface area contributed by atoms with Crippen molar-refractivity contribution in [1.29, 1.82) is 0 Å². The molecule has 1 fully saturated rings. The second-order valence-electron chi connectivity index (χ2n) is 6.08. The molecule has 0 amide bonds. The molecule has 1 aliphatic rings. The van der Waals surface area contributed by atoms with Crippen molar-refractivity contribution in [2.75, 3.05) is 6.61 Å². The van der Waals surface area contributed by atoms with Crippen molar-refractivity contribution in [1.82, 2.24) is 0 Å². The van der Waals surface area contributed by atoms with Crippen LogP contribution < -0.4 is 0 Å². The predicted molar refractivity (Wildman–Crippen MR) is 72.3 cm³/mol. The van der Waals surface area contributed by atoms with Crippen LogP contribution in [0, 0.1) is 0 Å². The zero-order valence-electron chi connectivity index (χ0n) is 12.2. The number of aliphatic hydroxyl groups excluding tert-OH is 3. The molecule has 5 atom stereocenters. The summed E-state index contributed by atoms with van der Waals surface area (Å²) >= 11 is 0. The van der Waals surface area contributed by atoms with Crippen molar-refractivity contribution in [3.63, 3.8) is 0 Å². The first-order valence-corrected chi connectivity index (χ1v) is 9.39. The first kappa shape index (κ1) is 17.0. The van der Waals surface area contributed by atoms with Gasteiger partial charge in [0.1, 0.15) is 24.4 Å². The van der Waals surface area contributed by atoms with Gasteiger partial charge in [0.05, 0.1) is 12.2 Å². The monoisotopic (exact) mass is 294 g/mol. The highest BCUT2D eigenvalue weighted by molar-refractivity contribution is 6.48. The van der Waals surface area contributed by atoms with E-state index in [0.717, 1.165) is 0 Å². The summed E-state index contributed by atoms with van der Waals surface area (Å²) in [6.45, 7) is 9.13. The maximum atomic E-state index is 10.2. The predicted octanol–water partition coefficient (Wildman–Crippen LogP) is -0.391. The van der Waals surface area contributed by atoms with Gasteiger partial charge in [-0.3, -0.25) is 0 Å². The van der Waals surface area contributed by atoms with E-state index in [4.69, 9.17) is 19.0 Å². The minimum Gasteiger partial charge on any atom is -0.412 e. The van der Waals surface area contributed by atoms with Gasteiger partial charge in [-0.25, -0.2) is 0 Å². The molecule has 1 saturated heterocycles. The minimum atomic E-state index is -1.44. The number of aliphatic hydroxyl groups is 3. The molecule has 0 bridgehead atoms. The second-order valence-corrected chi connectivity index (χ2v) is 8.45. The summed E-state index contributed by atoms with van der Waals surface area (Å²) in [6, 6.07) is 0. The van der Waals surface area contributed by atoms with E-state index in [1.54, 1.807) is 0 Å². The van der Waals surface area contributed by atoms with E-state index >= 15 is 0 Å². The van der Waals surface area contributed by atoms with Crippen LogP contribution in [0.15, 0.2) is 0 Å². The molecule has 1 rings (SSSR count). The zero-order valence-corrected chi connectivity index (χ0v) is 13.4. The average Bonchev–Trinajstić information content (AvgIpc) is 2.26. The largest absolute Gasteiger partial charge is 0.412 e. The van der Waals surface area contributed by atoms with E-state index in [2.05, 4.69) is 0 Å². The molecule has 0 unspecified atom stereocenters. The van der Waals surface area contributed by atoms with Crippen LogP contribution in [0.5, 0.6) is 0 Å². The smallest absolute Gasteiger partial charge is 0.184 e. The van der Waals surface area contributed by atoms with Crippen LogP contribution in [0.2, 0.25) is 13.1 Å². The van der Waals surface area contributed by atoms with Crippen molar-refractivity contribution in [2.24, 2.45) is 0 Å². The summed E-state index contributed by atoms with van der Waals surface area (Å²) in [6.07, 6.45) is -4.56. The summed E-state index contributed by atoms with van der Waals surface area (Å²) in [7, 11) is -1.44. The molecular formula is C12H26O6Si. The molecule has 0 aromatic rings. The van der Waals surface area contributed by atoms with Crippen LogP contribution >= 0.6 is 0 Å². The minimum absolute atomic E-state index is 0.375. The van der Waals surface area contributed by atoms with E-state index < -0.39 is 45.3 Å².